The van der Waals surface area contributed by atoms with Crippen molar-refractivity contribution in [3.05, 3.63) is 29.3 Å². The Morgan fingerprint density at radius 1 is 1.28 bits per heavy atom. The van der Waals surface area contributed by atoms with Crippen molar-refractivity contribution >= 4 is 33.4 Å². The molecule has 1 saturated carbocycles. The van der Waals surface area contributed by atoms with Gasteiger partial charge in [0.1, 0.15) is 6.04 Å². The number of carbonyl (C=O) groups is 2. The predicted octanol–water partition coefficient (Wildman–Crippen LogP) is 3.33. The molecule has 1 aliphatic heterocycles. The molecule has 0 bridgehead atoms. The molecule has 2 fully saturated rings. The zero-order valence-electron chi connectivity index (χ0n) is 14.1. The van der Waals surface area contributed by atoms with Crippen molar-refractivity contribution in [2.75, 3.05) is 6.54 Å². The predicted molar refractivity (Wildman–Crippen MR) is 96.5 cm³/mol. The number of carbonyl (C=O) groups excluding carboxylic acids is 1. The number of aromatic nitrogens is 1. The second-order valence-electron chi connectivity index (χ2n) is 7.11. The molecule has 0 radical (unpaired) electrons. The number of carboxylic acid groups (broad SMARTS) is 1. The van der Waals surface area contributed by atoms with Crippen LogP contribution in [0.2, 0.25) is 0 Å². The Labute approximate surface area is 150 Å². The van der Waals surface area contributed by atoms with E-state index < -0.39 is 12.0 Å². The molecule has 2 aliphatic rings. The number of hydrogen-bond acceptors (Lipinski definition) is 4. The molecule has 25 heavy (non-hydrogen) atoms. The molecule has 3 unspecified atom stereocenters. The molecule has 4 rings (SSSR count). The summed E-state index contributed by atoms with van der Waals surface area (Å²) in [7, 11) is 0. The van der Waals surface area contributed by atoms with Gasteiger partial charge in [0.2, 0.25) is 5.91 Å². The van der Waals surface area contributed by atoms with Crippen molar-refractivity contribution in [2.24, 2.45) is 11.8 Å². The molecule has 1 amide bonds. The zero-order chi connectivity index (χ0) is 17.4. The van der Waals surface area contributed by atoms with Gasteiger partial charge >= 0.3 is 5.97 Å². The highest BCUT2D eigenvalue weighted by molar-refractivity contribution is 7.18. The number of aliphatic carboxylic acids is 1. The molecule has 132 valence electrons. The fourth-order valence-electron chi connectivity index (χ4n) is 4.44. The lowest BCUT2D eigenvalue weighted by molar-refractivity contribution is -0.149. The molecule has 2 heterocycles. The molecular weight excluding hydrogens is 336 g/mol. The number of amides is 1. The fourth-order valence-corrected chi connectivity index (χ4v) is 5.45. The molecule has 1 aromatic carbocycles. The van der Waals surface area contributed by atoms with Crippen molar-refractivity contribution in [3.63, 3.8) is 0 Å². The number of aryl methyl sites for hydroxylation is 1. The quantitative estimate of drug-likeness (QED) is 0.890. The molecule has 3 atom stereocenters. The van der Waals surface area contributed by atoms with Gasteiger partial charge in [0.25, 0.3) is 0 Å². The molecule has 5 nitrogen and oxygen atoms in total. The van der Waals surface area contributed by atoms with Gasteiger partial charge in [-0.25, -0.2) is 9.78 Å². The number of rotatable bonds is 5. The number of benzene rings is 1. The van der Waals surface area contributed by atoms with Gasteiger partial charge < -0.3 is 10.0 Å². The second kappa shape index (κ2) is 6.75. The molecule has 1 aliphatic carbocycles. The van der Waals surface area contributed by atoms with Gasteiger partial charge in [0, 0.05) is 13.0 Å². The minimum Gasteiger partial charge on any atom is -0.480 e. The van der Waals surface area contributed by atoms with Gasteiger partial charge in [-0.3, -0.25) is 4.79 Å². The first-order valence-electron chi connectivity index (χ1n) is 9.00. The monoisotopic (exact) mass is 358 g/mol. The van der Waals surface area contributed by atoms with Crippen LogP contribution in [-0.2, 0) is 16.0 Å². The van der Waals surface area contributed by atoms with E-state index in [1.807, 2.05) is 18.2 Å². The Balaban J connectivity index is 1.36. The molecule has 6 heteroatoms. The lowest BCUT2D eigenvalue weighted by atomic mass is 9.94. The van der Waals surface area contributed by atoms with Gasteiger partial charge in [-0.05, 0) is 49.7 Å². The topological polar surface area (TPSA) is 70.5 Å². The summed E-state index contributed by atoms with van der Waals surface area (Å²) in [6.07, 6.45) is 4.99. The van der Waals surface area contributed by atoms with E-state index in [0.29, 0.717) is 18.9 Å². The standard InChI is InChI=1S/C19H22N2O3S/c22-17(21-11-12-5-3-6-13(12)18(21)19(23)24)10-4-9-16-20-14-7-1-2-8-15(14)25-16/h1-2,7-8,12-13,18H,3-6,9-11H2,(H,23,24). The highest BCUT2D eigenvalue weighted by Gasteiger charge is 2.49. The molecular formula is C19H22N2O3S. The van der Waals surface area contributed by atoms with E-state index in [1.165, 1.54) is 4.70 Å². The Morgan fingerprint density at radius 3 is 2.92 bits per heavy atom. The Hall–Kier alpha value is -1.95. The molecule has 1 N–H and O–H groups in total. The first kappa shape index (κ1) is 16.5. The van der Waals surface area contributed by atoms with Crippen LogP contribution in [-0.4, -0.2) is 39.5 Å². The lowest BCUT2D eigenvalue weighted by Gasteiger charge is -2.24. The summed E-state index contributed by atoms with van der Waals surface area (Å²) >= 11 is 1.67. The van der Waals surface area contributed by atoms with Crippen molar-refractivity contribution in [2.45, 2.75) is 44.6 Å². The summed E-state index contributed by atoms with van der Waals surface area (Å²) in [4.78, 5) is 30.5. The van der Waals surface area contributed by atoms with Crippen LogP contribution in [0.1, 0.15) is 37.1 Å². The Bertz CT molecular complexity index is 770. The molecule has 2 aromatic rings. The smallest absolute Gasteiger partial charge is 0.326 e. The Kier molecular flexibility index (Phi) is 4.46. The largest absolute Gasteiger partial charge is 0.480 e. The van der Waals surface area contributed by atoms with E-state index in [9.17, 15) is 14.7 Å². The van der Waals surface area contributed by atoms with Crippen molar-refractivity contribution in [1.29, 1.82) is 0 Å². The third kappa shape index (κ3) is 3.15. The number of likely N-dealkylation sites (tertiary alicyclic amines) is 1. The van der Waals surface area contributed by atoms with Crippen LogP contribution in [0.5, 0.6) is 0 Å². The zero-order valence-corrected chi connectivity index (χ0v) is 14.9. The average molecular weight is 358 g/mol. The van der Waals surface area contributed by atoms with Crippen molar-refractivity contribution in [1.82, 2.24) is 9.88 Å². The maximum atomic E-state index is 12.6. The van der Waals surface area contributed by atoms with E-state index in [2.05, 4.69) is 11.1 Å². The maximum Gasteiger partial charge on any atom is 0.326 e. The molecule has 1 saturated heterocycles. The number of nitrogens with zero attached hydrogens (tertiary/aromatic N) is 2. The van der Waals surface area contributed by atoms with Gasteiger partial charge in [-0.15, -0.1) is 11.3 Å². The summed E-state index contributed by atoms with van der Waals surface area (Å²) in [6, 6.07) is 7.43. The summed E-state index contributed by atoms with van der Waals surface area (Å²) < 4.78 is 1.17. The fraction of sp³-hybridized carbons (Fsp3) is 0.526. The second-order valence-corrected chi connectivity index (χ2v) is 8.23. The number of fused-ring (bicyclic) bond motifs is 2. The van der Waals surface area contributed by atoms with Crippen LogP contribution >= 0.6 is 11.3 Å². The van der Waals surface area contributed by atoms with Crippen LogP contribution in [0.15, 0.2) is 24.3 Å². The third-order valence-corrected chi connectivity index (χ3v) is 6.68. The number of hydrogen-bond donors (Lipinski definition) is 1. The number of para-hydroxylation sites is 1. The van der Waals surface area contributed by atoms with Gasteiger partial charge in [-0.2, -0.15) is 0 Å². The van der Waals surface area contributed by atoms with Crippen LogP contribution < -0.4 is 0 Å². The summed E-state index contributed by atoms with van der Waals surface area (Å²) in [5.41, 5.74) is 1.01. The number of carboxylic acids is 1. The summed E-state index contributed by atoms with van der Waals surface area (Å²) in [5, 5.41) is 10.6. The van der Waals surface area contributed by atoms with Crippen molar-refractivity contribution < 1.29 is 14.7 Å². The highest BCUT2D eigenvalue weighted by Crippen LogP contribution is 2.42. The van der Waals surface area contributed by atoms with E-state index in [4.69, 9.17) is 0 Å². The molecule has 0 spiro atoms. The normalized spacial score (nSPS) is 25.4. The first-order chi connectivity index (χ1) is 12.1. The SMILES string of the molecule is O=C(O)C1C2CCCC2CN1C(=O)CCCc1nc2ccccc2s1. The van der Waals surface area contributed by atoms with Crippen molar-refractivity contribution in [3.8, 4) is 0 Å². The van der Waals surface area contributed by atoms with Crippen LogP contribution in [0.3, 0.4) is 0 Å². The van der Waals surface area contributed by atoms with E-state index >= 15 is 0 Å². The maximum absolute atomic E-state index is 12.6. The van der Waals surface area contributed by atoms with Crippen LogP contribution in [0.4, 0.5) is 0 Å². The average Bonchev–Trinajstić information content (AvgIpc) is 3.27. The van der Waals surface area contributed by atoms with E-state index in [0.717, 1.165) is 42.6 Å². The van der Waals surface area contributed by atoms with Gasteiger partial charge in [0.05, 0.1) is 15.2 Å². The van der Waals surface area contributed by atoms with E-state index in [1.54, 1.807) is 16.2 Å². The van der Waals surface area contributed by atoms with Crippen LogP contribution in [0.25, 0.3) is 10.2 Å². The first-order valence-corrected chi connectivity index (χ1v) is 9.82. The van der Waals surface area contributed by atoms with Gasteiger partial charge in [0.15, 0.2) is 0 Å². The van der Waals surface area contributed by atoms with E-state index in [-0.39, 0.29) is 11.8 Å². The Morgan fingerprint density at radius 2 is 2.12 bits per heavy atom. The minimum atomic E-state index is -0.839. The summed E-state index contributed by atoms with van der Waals surface area (Å²) in [5.74, 6) is -0.308. The number of thiazole rings is 1. The third-order valence-electron chi connectivity index (χ3n) is 5.58. The lowest BCUT2D eigenvalue weighted by Crippen LogP contribution is -2.43. The van der Waals surface area contributed by atoms with Gasteiger partial charge in [-0.1, -0.05) is 18.6 Å². The minimum absolute atomic E-state index is 0.0112. The molecule has 1 aromatic heterocycles. The highest BCUT2D eigenvalue weighted by atomic mass is 32.1. The summed E-state index contributed by atoms with van der Waals surface area (Å²) in [6.45, 7) is 0.627. The van der Waals surface area contributed by atoms with Crippen LogP contribution in [0, 0.1) is 11.8 Å².